The van der Waals surface area contributed by atoms with Crippen molar-refractivity contribution in [1.82, 2.24) is 4.57 Å². The minimum absolute atomic E-state index is 1.08. The molecule has 64 heavy (non-hydrogen) atoms. The van der Waals surface area contributed by atoms with Crippen molar-refractivity contribution in [3.05, 3.63) is 255 Å². The van der Waals surface area contributed by atoms with Gasteiger partial charge < -0.3 is 9.47 Å². The standard InChI is InChI=1S/C62H42N2/c1-2-18-46(19-3-1)55-39-36-51(42-62(55)64-60-28-14-10-24-56(60)57-25-11-15-29-61(57)64)54-23-9-13-27-59(54)63(52-37-34-45(35-38-52)49-32-30-43-16-4-6-20-47(43)40-49)58-26-12-8-22-53(58)50-33-31-44-17-5-7-21-48(44)41-50/h1-42H. The van der Waals surface area contributed by atoms with Gasteiger partial charge in [0.05, 0.1) is 28.1 Å². The van der Waals surface area contributed by atoms with Gasteiger partial charge >= 0.3 is 0 Å². The molecule has 0 aliphatic heterocycles. The van der Waals surface area contributed by atoms with Crippen molar-refractivity contribution in [2.75, 3.05) is 4.90 Å². The second kappa shape index (κ2) is 15.8. The van der Waals surface area contributed by atoms with Crippen molar-refractivity contribution in [3.63, 3.8) is 0 Å². The smallest absolute Gasteiger partial charge is 0.0546 e. The molecule has 1 heterocycles. The summed E-state index contributed by atoms with van der Waals surface area (Å²) in [7, 11) is 0. The molecule has 0 saturated carbocycles. The van der Waals surface area contributed by atoms with Gasteiger partial charge in [0.25, 0.3) is 0 Å². The molecule has 0 radical (unpaired) electrons. The Bertz CT molecular complexity index is 3620. The topological polar surface area (TPSA) is 8.17 Å². The third kappa shape index (κ3) is 6.52. The lowest BCUT2D eigenvalue weighted by Crippen LogP contribution is -2.12. The molecule has 0 bridgehead atoms. The molecule has 0 unspecified atom stereocenters. The Labute approximate surface area is 373 Å². The average molecular weight is 815 g/mol. The Hall–Kier alpha value is -8.46. The molecular weight excluding hydrogens is 773 g/mol. The van der Waals surface area contributed by atoms with E-state index in [0.29, 0.717) is 0 Å². The SMILES string of the molecule is c1ccc(-c2ccc(-c3ccccc3N(c3ccc(-c4ccc5ccccc5c4)cc3)c3ccccc3-c3ccc4ccccc4c3)cc2-n2c3ccccc3c3ccccc32)cc1. The lowest BCUT2D eigenvalue weighted by molar-refractivity contribution is 1.18. The van der Waals surface area contributed by atoms with Crippen LogP contribution >= 0.6 is 0 Å². The molecule has 300 valence electrons. The molecule has 2 heteroatoms. The fraction of sp³-hybridized carbons (Fsp3) is 0. The highest BCUT2D eigenvalue weighted by Crippen LogP contribution is 2.47. The van der Waals surface area contributed by atoms with Gasteiger partial charge in [-0.2, -0.15) is 0 Å². The second-order valence-corrected chi connectivity index (χ2v) is 16.5. The molecule has 0 aliphatic rings. The van der Waals surface area contributed by atoms with Gasteiger partial charge in [-0.25, -0.2) is 0 Å². The Kier molecular flexibility index (Phi) is 9.20. The number of hydrogen-bond donors (Lipinski definition) is 0. The van der Waals surface area contributed by atoms with Crippen LogP contribution < -0.4 is 4.90 Å². The molecule has 0 N–H and O–H groups in total. The van der Waals surface area contributed by atoms with Crippen molar-refractivity contribution >= 4 is 60.4 Å². The quantitative estimate of drug-likeness (QED) is 0.148. The van der Waals surface area contributed by atoms with Crippen molar-refractivity contribution in [2.24, 2.45) is 0 Å². The van der Waals surface area contributed by atoms with Gasteiger partial charge in [-0.15, -0.1) is 0 Å². The van der Waals surface area contributed by atoms with Crippen LogP contribution in [0.25, 0.3) is 93.5 Å². The zero-order chi connectivity index (χ0) is 42.4. The van der Waals surface area contributed by atoms with E-state index in [1.54, 1.807) is 0 Å². The van der Waals surface area contributed by atoms with Gasteiger partial charge in [0.15, 0.2) is 0 Å². The molecule has 0 amide bonds. The summed E-state index contributed by atoms with van der Waals surface area (Å²) in [5.74, 6) is 0. The summed E-state index contributed by atoms with van der Waals surface area (Å²) in [5.41, 5.74) is 16.1. The Balaban J connectivity index is 1.07. The van der Waals surface area contributed by atoms with E-state index in [0.717, 1.165) is 39.4 Å². The summed E-state index contributed by atoms with van der Waals surface area (Å²) in [6, 6.07) is 92.9. The van der Waals surface area contributed by atoms with E-state index in [1.807, 2.05) is 0 Å². The highest BCUT2D eigenvalue weighted by Gasteiger charge is 2.23. The van der Waals surface area contributed by atoms with E-state index in [-0.39, 0.29) is 0 Å². The first-order chi connectivity index (χ1) is 31.7. The molecule has 0 fully saturated rings. The average Bonchev–Trinajstić information content (AvgIpc) is 3.71. The van der Waals surface area contributed by atoms with Crippen LogP contribution in [0.15, 0.2) is 255 Å². The van der Waals surface area contributed by atoms with Crippen molar-refractivity contribution < 1.29 is 0 Å². The second-order valence-electron chi connectivity index (χ2n) is 16.5. The predicted molar refractivity (Wildman–Crippen MR) is 272 cm³/mol. The summed E-state index contributed by atoms with van der Waals surface area (Å²) < 4.78 is 2.46. The number of nitrogens with zero attached hydrogens (tertiary/aromatic N) is 2. The molecule has 11 aromatic carbocycles. The van der Waals surface area contributed by atoms with E-state index in [1.165, 1.54) is 71.2 Å². The van der Waals surface area contributed by atoms with Crippen LogP contribution in [-0.2, 0) is 0 Å². The van der Waals surface area contributed by atoms with E-state index in [9.17, 15) is 0 Å². The first-order valence-electron chi connectivity index (χ1n) is 22.0. The van der Waals surface area contributed by atoms with Gasteiger partial charge in [-0.05, 0) is 104 Å². The number of aromatic nitrogens is 1. The number of fused-ring (bicyclic) bond motifs is 5. The predicted octanol–water partition coefficient (Wildman–Crippen LogP) is 17.2. The normalized spacial score (nSPS) is 11.4. The lowest BCUT2D eigenvalue weighted by Gasteiger charge is -2.30. The van der Waals surface area contributed by atoms with Crippen LogP contribution in [0.2, 0.25) is 0 Å². The monoisotopic (exact) mass is 814 g/mol. The molecule has 12 rings (SSSR count). The van der Waals surface area contributed by atoms with E-state index < -0.39 is 0 Å². The molecule has 1 aromatic heterocycles. The van der Waals surface area contributed by atoms with Crippen LogP contribution in [0, 0.1) is 0 Å². The fourth-order valence-corrected chi connectivity index (χ4v) is 9.69. The van der Waals surface area contributed by atoms with Crippen molar-refractivity contribution in [1.29, 1.82) is 0 Å². The molecule has 0 aliphatic carbocycles. The van der Waals surface area contributed by atoms with E-state index in [4.69, 9.17) is 0 Å². The summed E-state index contributed by atoms with van der Waals surface area (Å²) in [5, 5.41) is 7.42. The van der Waals surface area contributed by atoms with Crippen molar-refractivity contribution in [3.8, 4) is 50.2 Å². The Morgan fingerprint density at radius 3 is 1.34 bits per heavy atom. The Morgan fingerprint density at radius 2 is 0.719 bits per heavy atom. The maximum Gasteiger partial charge on any atom is 0.0546 e. The summed E-state index contributed by atoms with van der Waals surface area (Å²) in [6.45, 7) is 0. The maximum absolute atomic E-state index is 2.46. The summed E-state index contributed by atoms with van der Waals surface area (Å²) in [6.07, 6.45) is 0. The van der Waals surface area contributed by atoms with Crippen LogP contribution in [0.3, 0.4) is 0 Å². The number of rotatable bonds is 8. The van der Waals surface area contributed by atoms with Crippen LogP contribution in [-0.4, -0.2) is 4.57 Å². The third-order valence-corrected chi connectivity index (χ3v) is 12.8. The number of anilines is 3. The minimum Gasteiger partial charge on any atom is -0.309 e. The molecule has 0 atom stereocenters. The molecular formula is C62H42N2. The summed E-state index contributed by atoms with van der Waals surface area (Å²) >= 11 is 0. The first-order valence-corrected chi connectivity index (χ1v) is 22.0. The molecule has 0 saturated heterocycles. The van der Waals surface area contributed by atoms with Gasteiger partial charge in [-0.1, -0.05) is 200 Å². The molecule has 12 aromatic rings. The Morgan fingerprint density at radius 1 is 0.266 bits per heavy atom. The zero-order valence-electron chi connectivity index (χ0n) is 35.1. The third-order valence-electron chi connectivity index (χ3n) is 12.8. The van der Waals surface area contributed by atoms with E-state index in [2.05, 4.69) is 264 Å². The van der Waals surface area contributed by atoms with Crippen LogP contribution in [0.4, 0.5) is 17.1 Å². The van der Waals surface area contributed by atoms with Gasteiger partial charge in [0, 0.05) is 33.2 Å². The fourth-order valence-electron chi connectivity index (χ4n) is 9.69. The highest BCUT2D eigenvalue weighted by molar-refractivity contribution is 6.10. The zero-order valence-corrected chi connectivity index (χ0v) is 35.1. The first kappa shape index (κ1) is 37.3. The molecule has 2 nitrogen and oxygen atoms in total. The van der Waals surface area contributed by atoms with Gasteiger partial charge in [-0.3, -0.25) is 0 Å². The number of benzene rings is 11. The number of hydrogen-bond acceptors (Lipinski definition) is 1. The van der Waals surface area contributed by atoms with Crippen LogP contribution in [0.5, 0.6) is 0 Å². The largest absolute Gasteiger partial charge is 0.309 e. The lowest BCUT2D eigenvalue weighted by atomic mass is 9.95. The minimum atomic E-state index is 1.08. The maximum atomic E-state index is 2.46. The van der Waals surface area contributed by atoms with Crippen molar-refractivity contribution in [2.45, 2.75) is 0 Å². The summed E-state index contributed by atoms with van der Waals surface area (Å²) in [4.78, 5) is 2.45. The van der Waals surface area contributed by atoms with Gasteiger partial charge in [0.2, 0.25) is 0 Å². The van der Waals surface area contributed by atoms with Crippen LogP contribution in [0.1, 0.15) is 0 Å². The molecule has 0 spiro atoms. The highest BCUT2D eigenvalue weighted by atomic mass is 15.1. The van der Waals surface area contributed by atoms with E-state index >= 15 is 0 Å². The number of para-hydroxylation sites is 4. The van der Waals surface area contributed by atoms with Gasteiger partial charge in [0.1, 0.15) is 0 Å².